The summed E-state index contributed by atoms with van der Waals surface area (Å²) < 4.78 is 21.9. The average molecular weight is 397 g/mol. The molecule has 0 aliphatic heterocycles. The van der Waals surface area contributed by atoms with Crippen LogP contribution >= 0.6 is 11.3 Å². The predicted molar refractivity (Wildman–Crippen MR) is 105 cm³/mol. The number of hydrogen-bond donors (Lipinski definition) is 1. The smallest absolute Gasteiger partial charge is 0.258 e. The zero-order valence-corrected chi connectivity index (χ0v) is 16.2. The Labute approximate surface area is 163 Å². The maximum atomic E-state index is 14.7. The van der Waals surface area contributed by atoms with E-state index in [2.05, 4.69) is 20.5 Å². The van der Waals surface area contributed by atoms with Crippen LogP contribution in [0.5, 0.6) is 5.75 Å². The maximum Gasteiger partial charge on any atom is 0.258 e. The average Bonchev–Trinajstić information content (AvgIpc) is 3.25. The third-order valence-electron chi connectivity index (χ3n) is 4.32. The number of fused-ring (bicyclic) bond motifs is 1. The van der Waals surface area contributed by atoms with E-state index in [9.17, 15) is 9.18 Å². The van der Waals surface area contributed by atoms with Gasteiger partial charge in [-0.3, -0.25) is 10.1 Å². The molecular formula is C19H16FN5O2S. The van der Waals surface area contributed by atoms with Gasteiger partial charge in [-0.05, 0) is 31.2 Å². The number of halogens is 1. The monoisotopic (exact) mass is 397 g/mol. The van der Waals surface area contributed by atoms with Gasteiger partial charge >= 0.3 is 0 Å². The summed E-state index contributed by atoms with van der Waals surface area (Å²) >= 11 is 1.26. The number of benzene rings is 2. The number of aromatic nitrogens is 4. The molecule has 0 unspecified atom stereocenters. The Morgan fingerprint density at radius 3 is 2.82 bits per heavy atom. The van der Waals surface area contributed by atoms with Gasteiger partial charge in [0.15, 0.2) is 0 Å². The van der Waals surface area contributed by atoms with E-state index in [0.29, 0.717) is 22.0 Å². The lowest BCUT2D eigenvalue weighted by Gasteiger charge is -2.14. The van der Waals surface area contributed by atoms with Crippen molar-refractivity contribution in [2.24, 2.45) is 7.05 Å². The summed E-state index contributed by atoms with van der Waals surface area (Å²) in [4.78, 5) is 17.4. The van der Waals surface area contributed by atoms with E-state index in [1.807, 2.05) is 7.05 Å². The minimum atomic E-state index is -0.490. The highest BCUT2D eigenvalue weighted by Crippen LogP contribution is 2.37. The molecule has 0 bridgehead atoms. The van der Waals surface area contributed by atoms with Crippen molar-refractivity contribution < 1.29 is 13.9 Å². The molecule has 0 aliphatic carbocycles. The minimum Gasteiger partial charge on any atom is -0.496 e. The first-order valence-electron chi connectivity index (χ1n) is 8.37. The Balaban J connectivity index is 1.92. The second kappa shape index (κ2) is 7.01. The first kappa shape index (κ1) is 18.1. The fourth-order valence-corrected chi connectivity index (χ4v) is 3.60. The highest BCUT2D eigenvalue weighted by Gasteiger charge is 2.22. The van der Waals surface area contributed by atoms with Gasteiger partial charge in [0.05, 0.1) is 35.6 Å². The summed E-state index contributed by atoms with van der Waals surface area (Å²) in [5.41, 5.74) is 2.27. The molecule has 2 aromatic carbocycles. The molecule has 0 saturated carbocycles. The molecule has 0 spiro atoms. The van der Waals surface area contributed by atoms with Gasteiger partial charge in [0.1, 0.15) is 16.6 Å². The molecule has 7 nitrogen and oxygen atoms in total. The molecule has 0 radical (unpaired) electrons. The van der Waals surface area contributed by atoms with E-state index in [1.54, 1.807) is 42.1 Å². The molecule has 9 heteroatoms. The summed E-state index contributed by atoms with van der Waals surface area (Å²) in [5.74, 6) is -0.578. The second-order valence-corrected chi connectivity index (χ2v) is 7.32. The van der Waals surface area contributed by atoms with E-state index in [-0.39, 0.29) is 11.1 Å². The van der Waals surface area contributed by atoms with Crippen LogP contribution in [0.25, 0.3) is 22.2 Å². The maximum absolute atomic E-state index is 14.7. The standard InChI is InChI=1S/C19H16FN5O2S/c1-10-23-24-19(28-10)22-18(26)12-8-15-14(21-9-25(15)2)7-11(12)17-13(20)5-4-6-16(17)27-3/h4-9H,1-3H3,(H,22,24,26). The number of methoxy groups -OCH3 is 1. The van der Waals surface area contributed by atoms with Gasteiger partial charge in [0, 0.05) is 12.6 Å². The normalized spacial score (nSPS) is 11.0. The Morgan fingerprint density at radius 1 is 1.29 bits per heavy atom. The Hall–Kier alpha value is -3.33. The zero-order chi connectivity index (χ0) is 19.8. The number of amides is 1. The van der Waals surface area contributed by atoms with Crippen LogP contribution in [-0.4, -0.2) is 32.8 Å². The summed E-state index contributed by atoms with van der Waals surface area (Å²) in [6, 6.07) is 7.91. The quantitative estimate of drug-likeness (QED) is 0.566. The number of nitrogens with one attached hydrogen (secondary N) is 1. The number of ether oxygens (including phenoxy) is 1. The lowest BCUT2D eigenvalue weighted by Crippen LogP contribution is -2.14. The van der Waals surface area contributed by atoms with Crippen LogP contribution in [0.4, 0.5) is 9.52 Å². The van der Waals surface area contributed by atoms with Gasteiger partial charge in [-0.2, -0.15) is 0 Å². The van der Waals surface area contributed by atoms with Crippen molar-refractivity contribution >= 4 is 33.4 Å². The number of carbonyl (C=O) groups is 1. The van der Waals surface area contributed by atoms with Crippen LogP contribution in [0.3, 0.4) is 0 Å². The van der Waals surface area contributed by atoms with Gasteiger partial charge < -0.3 is 9.30 Å². The number of imidazole rings is 1. The van der Waals surface area contributed by atoms with Gasteiger partial charge in [-0.15, -0.1) is 10.2 Å². The number of hydrogen-bond acceptors (Lipinski definition) is 6. The fourth-order valence-electron chi connectivity index (χ4n) is 3.02. The van der Waals surface area contributed by atoms with Crippen LogP contribution in [0, 0.1) is 12.7 Å². The molecule has 142 valence electrons. The van der Waals surface area contributed by atoms with Crippen molar-refractivity contribution in [1.29, 1.82) is 0 Å². The second-order valence-electron chi connectivity index (χ2n) is 6.14. The van der Waals surface area contributed by atoms with Crippen LogP contribution in [-0.2, 0) is 7.05 Å². The van der Waals surface area contributed by atoms with Gasteiger partial charge in [0.25, 0.3) is 5.91 Å². The molecular weight excluding hydrogens is 381 g/mol. The molecule has 1 N–H and O–H groups in total. The number of aryl methyl sites for hydroxylation is 2. The van der Waals surface area contributed by atoms with Crippen molar-refractivity contribution in [3.63, 3.8) is 0 Å². The lowest BCUT2D eigenvalue weighted by atomic mass is 9.96. The highest BCUT2D eigenvalue weighted by atomic mass is 32.1. The molecule has 0 saturated heterocycles. The van der Waals surface area contributed by atoms with Gasteiger partial charge in [-0.25, -0.2) is 9.37 Å². The first-order chi connectivity index (χ1) is 13.5. The van der Waals surface area contributed by atoms with Crippen molar-refractivity contribution in [3.8, 4) is 16.9 Å². The van der Waals surface area contributed by atoms with E-state index < -0.39 is 11.7 Å². The van der Waals surface area contributed by atoms with Gasteiger partial charge in [-0.1, -0.05) is 17.4 Å². The third kappa shape index (κ3) is 3.09. The van der Waals surface area contributed by atoms with Crippen LogP contribution in [0.1, 0.15) is 15.4 Å². The summed E-state index contributed by atoms with van der Waals surface area (Å²) in [6.45, 7) is 1.80. The van der Waals surface area contributed by atoms with E-state index in [4.69, 9.17) is 4.74 Å². The number of rotatable bonds is 4. The van der Waals surface area contributed by atoms with Crippen LogP contribution in [0.2, 0.25) is 0 Å². The summed E-state index contributed by atoms with van der Waals surface area (Å²) in [7, 11) is 3.29. The fraction of sp³-hybridized carbons (Fsp3) is 0.158. The van der Waals surface area contributed by atoms with E-state index in [1.165, 1.54) is 24.5 Å². The molecule has 0 atom stereocenters. The Bertz CT molecular complexity index is 1200. The van der Waals surface area contributed by atoms with Crippen molar-refractivity contribution in [3.05, 3.63) is 53.0 Å². The van der Waals surface area contributed by atoms with E-state index in [0.717, 1.165) is 10.5 Å². The largest absolute Gasteiger partial charge is 0.496 e. The molecule has 4 aromatic rings. The third-order valence-corrected chi connectivity index (χ3v) is 5.07. The molecule has 0 aliphatic rings. The summed E-state index contributed by atoms with van der Waals surface area (Å²) in [5, 5.41) is 11.7. The lowest BCUT2D eigenvalue weighted by molar-refractivity contribution is 0.102. The number of nitrogens with zero attached hydrogens (tertiary/aromatic N) is 4. The number of carbonyl (C=O) groups excluding carboxylic acids is 1. The molecule has 4 rings (SSSR count). The predicted octanol–water partition coefficient (Wildman–Crippen LogP) is 3.80. The number of anilines is 1. The Kier molecular flexibility index (Phi) is 4.52. The first-order valence-corrected chi connectivity index (χ1v) is 9.19. The summed E-state index contributed by atoms with van der Waals surface area (Å²) in [6.07, 6.45) is 1.64. The molecule has 0 fully saturated rings. The topological polar surface area (TPSA) is 81.9 Å². The van der Waals surface area contributed by atoms with Crippen LogP contribution in [0.15, 0.2) is 36.7 Å². The zero-order valence-electron chi connectivity index (χ0n) is 15.4. The van der Waals surface area contributed by atoms with Crippen molar-refractivity contribution in [1.82, 2.24) is 19.7 Å². The molecule has 2 heterocycles. The van der Waals surface area contributed by atoms with Gasteiger partial charge in [0.2, 0.25) is 5.13 Å². The molecule has 1 amide bonds. The minimum absolute atomic E-state index is 0.205. The Morgan fingerprint density at radius 2 is 2.11 bits per heavy atom. The van der Waals surface area contributed by atoms with E-state index >= 15 is 0 Å². The molecule has 2 aromatic heterocycles. The highest BCUT2D eigenvalue weighted by molar-refractivity contribution is 7.15. The molecule has 28 heavy (non-hydrogen) atoms. The van der Waals surface area contributed by atoms with Crippen LogP contribution < -0.4 is 10.1 Å². The van der Waals surface area contributed by atoms with Crippen molar-refractivity contribution in [2.45, 2.75) is 6.92 Å². The van der Waals surface area contributed by atoms with Crippen molar-refractivity contribution in [2.75, 3.05) is 12.4 Å². The SMILES string of the molecule is COc1cccc(F)c1-c1cc2ncn(C)c2cc1C(=O)Nc1nnc(C)s1.